The summed E-state index contributed by atoms with van der Waals surface area (Å²) in [4.78, 5) is 0. The molecule has 10 heteroatoms. The van der Waals surface area contributed by atoms with Crippen LogP contribution in [0.25, 0.3) is 16.8 Å². The normalized spacial score (nSPS) is 11.4. The Morgan fingerprint density at radius 1 is 0.857 bits per heavy atom. The summed E-state index contributed by atoms with van der Waals surface area (Å²) in [5.41, 5.74) is 0.779. The van der Waals surface area contributed by atoms with E-state index >= 15 is 0 Å². The first-order chi connectivity index (χ1) is 16.7. The summed E-state index contributed by atoms with van der Waals surface area (Å²) in [6, 6.07) is 18.0. The standard InChI is InChI=1S/C25H19Cl2F3N2O3/c1-33-20-7-4-8-21(34-2)23(20)15-9-11-17(12-10-15)35-14-16-13-22(25(28,29)30)31-32(16)24-18(26)5-3-6-19(24)27/h3-13H,14H2,1-2H3. The molecule has 1 aromatic heterocycles. The van der Waals surface area contributed by atoms with Crippen molar-refractivity contribution in [2.45, 2.75) is 12.8 Å². The van der Waals surface area contributed by atoms with E-state index in [4.69, 9.17) is 37.4 Å². The average molecular weight is 523 g/mol. The summed E-state index contributed by atoms with van der Waals surface area (Å²) in [5.74, 6) is 1.71. The Morgan fingerprint density at radius 2 is 1.43 bits per heavy atom. The topological polar surface area (TPSA) is 45.5 Å². The molecule has 35 heavy (non-hydrogen) atoms. The minimum absolute atomic E-state index is 0.128. The van der Waals surface area contributed by atoms with Gasteiger partial charge in [-0.3, -0.25) is 0 Å². The monoisotopic (exact) mass is 522 g/mol. The fourth-order valence-electron chi connectivity index (χ4n) is 3.56. The number of benzene rings is 3. The number of hydrogen-bond acceptors (Lipinski definition) is 4. The van der Waals surface area contributed by atoms with Gasteiger partial charge < -0.3 is 14.2 Å². The molecule has 5 nitrogen and oxygen atoms in total. The lowest BCUT2D eigenvalue weighted by Gasteiger charge is -2.14. The third kappa shape index (κ3) is 5.18. The molecule has 182 valence electrons. The lowest BCUT2D eigenvalue weighted by Crippen LogP contribution is -2.09. The molecule has 0 radical (unpaired) electrons. The van der Waals surface area contributed by atoms with Gasteiger partial charge in [-0.25, -0.2) is 4.68 Å². The highest BCUT2D eigenvalue weighted by atomic mass is 35.5. The molecular weight excluding hydrogens is 504 g/mol. The van der Waals surface area contributed by atoms with Crippen molar-refractivity contribution in [2.24, 2.45) is 0 Å². The molecule has 0 saturated carbocycles. The zero-order valence-electron chi connectivity index (χ0n) is 18.6. The number of alkyl halides is 3. The van der Waals surface area contributed by atoms with Gasteiger partial charge in [-0.2, -0.15) is 18.3 Å². The summed E-state index contributed by atoms with van der Waals surface area (Å²) in [6.45, 7) is -0.206. The average Bonchev–Trinajstić information content (AvgIpc) is 3.27. The summed E-state index contributed by atoms with van der Waals surface area (Å²) >= 11 is 12.4. The van der Waals surface area contributed by atoms with E-state index in [0.29, 0.717) is 17.2 Å². The van der Waals surface area contributed by atoms with Gasteiger partial charge in [0.05, 0.1) is 35.5 Å². The first kappa shape index (κ1) is 24.8. The summed E-state index contributed by atoms with van der Waals surface area (Å²) in [6.07, 6.45) is -4.65. The Labute approximate surface area is 209 Å². The first-order valence-electron chi connectivity index (χ1n) is 10.3. The number of methoxy groups -OCH3 is 2. The molecule has 0 saturated heterocycles. The highest BCUT2D eigenvalue weighted by Crippen LogP contribution is 2.39. The smallest absolute Gasteiger partial charge is 0.435 e. The van der Waals surface area contributed by atoms with Crippen molar-refractivity contribution >= 4 is 23.2 Å². The summed E-state index contributed by atoms with van der Waals surface area (Å²) in [7, 11) is 3.14. The van der Waals surface area contributed by atoms with E-state index in [-0.39, 0.29) is 28.0 Å². The number of halogens is 5. The molecular formula is C25H19Cl2F3N2O3. The Morgan fingerprint density at radius 3 is 1.97 bits per heavy atom. The molecule has 0 atom stereocenters. The third-order valence-corrected chi connectivity index (χ3v) is 5.79. The van der Waals surface area contributed by atoms with Gasteiger partial charge in [0.1, 0.15) is 29.5 Å². The molecule has 0 aliphatic carbocycles. The lowest BCUT2D eigenvalue weighted by molar-refractivity contribution is -0.141. The SMILES string of the molecule is COc1cccc(OC)c1-c1ccc(OCc2cc(C(F)(F)F)nn2-c2c(Cl)cccc2Cl)cc1. The molecule has 0 aliphatic rings. The molecule has 4 aromatic rings. The second-order valence-electron chi connectivity index (χ2n) is 7.35. The van der Waals surface area contributed by atoms with Gasteiger partial charge in [0.2, 0.25) is 0 Å². The number of aromatic nitrogens is 2. The van der Waals surface area contributed by atoms with Crippen molar-refractivity contribution in [2.75, 3.05) is 14.2 Å². The van der Waals surface area contributed by atoms with Crippen LogP contribution in [0.1, 0.15) is 11.4 Å². The Kier molecular flexibility index (Phi) is 7.14. The molecule has 0 aliphatic heterocycles. The van der Waals surface area contributed by atoms with Crippen LogP contribution >= 0.6 is 23.2 Å². The van der Waals surface area contributed by atoms with Crippen LogP contribution in [-0.2, 0) is 12.8 Å². The van der Waals surface area contributed by atoms with E-state index in [1.165, 1.54) is 12.1 Å². The van der Waals surface area contributed by atoms with Gasteiger partial charge >= 0.3 is 6.18 Å². The van der Waals surface area contributed by atoms with Crippen LogP contribution in [0.2, 0.25) is 10.0 Å². The highest BCUT2D eigenvalue weighted by Gasteiger charge is 2.35. The maximum Gasteiger partial charge on any atom is 0.435 e. The zero-order chi connectivity index (χ0) is 25.2. The number of para-hydroxylation sites is 1. The van der Waals surface area contributed by atoms with Crippen LogP contribution in [0, 0.1) is 0 Å². The third-order valence-electron chi connectivity index (χ3n) is 5.18. The molecule has 0 spiro atoms. The van der Waals surface area contributed by atoms with Crippen LogP contribution in [0.4, 0.5) is 13.2 Å². The van der Waals surface area contributed by atoms with Crippen LogP contribution < -0.4 is 14.2 Å². The second kappa shape index (κ2) is 10.1. The van der Waals surface area contributed by atoms with Crippen LogP contribution in [0.3, 0.4) is 0 Å². The van der Waals surface area contributed by atoms with E-state index in [0.717, 1.165) is 21.9 Å². The molecule has 3 aromatic carbocycles. The summed E-state index contributed by atoms with van der Waals surface area (Å²) in [5, 5.41) is 4.01. The Hall–Kier alpha value is -3.36. The van der Waals surface area contributed by atoms with E-state index in [9.17, 15) is 13.2 Å². The quantitative estimate of drug-likeness (QED) is 0.252. The maximum absolute atomic E-state index is 13.4. The first-order valence-corrected chi connectivity index (χ1v) is 11.0. The Bertz CT molecular complexity index is 1300. The van der Waals surface area contributed by atoms with Gasteiger partial charge in [0.15, 0.2) is 5.69 Å². The van der Waals surface area contributed by atoms with Gasteiger partial charge in [-0.05, 0) is 48.0 Å². The second-order valence-corrected chi connectivity index (χ2v) is 8.17. The van der Waals surface area contributed by atoms with Crippen molar-refractivity contribution in [3.8, 4) is 34.1 Å². The van der Waals surface area contributed by atoms with Gasteiger partial charge in [0, 0.05) is 0 Å². The lowest BCUT2D eigenvalue weighted by atomic mass is 10.0. The predicted molar refractivity (Wildman–Crippen MR) is 128 cm³/mol. The maximum atomic E-state index is 13.4. The van der Waals surface area contributed by atoms with Gasteiger partial charge in [0.25, 0.3) is 0 Å². The van der Waals surface area contributed by atoms with Crippen molar-refractivity contribution in [1.82, 2.24) is 9.78 Å². The molecule has 0 fully saturated rings. The van der Waals surface area contributed by atoms with E-state index in [1.807, 2.05) is 18.2 Å². The van der Waals surface area contributed by atoms with Crippen LogP contribution in [0.5, 0.6) is 17.2 Å². The van der Waals surface area contributed by atoms with E-state index < -0.39 is 11.9 Å². The van der Waals surface area contributed by atoms with Crippen LogP contribution in [0.15, 0.2) is 66.7 Å². The van der Waals surface area contributed by atoms with Crippen molar-refractivity contribution in [3.63, 3.8) is 0 Å². The van der Waals surface area contributed by atoms with Crippen LogP contribution in [-0.4, -0.2) is 24.0 Å². The van der Waals surface area contributed by atoms with Gasteiger partial charge in [-0.15, -0.1) is 0 Å². The van der Waals surface area contributed by atoms with Crippen molar-refractivity contribution < 1.29 is 27.4 Å². The largest absolute Gasteiger partial charge is 0.496 e. The van der Waals surface area contributed by atoms with Crippen molar-refractivity contribution in [1.29, 1.82) is 0 Å². The minimum Gasteiger partial charge on any atom is -0.496 e. The molecule has 0 unspecified atom stereocenters. The fraction of sp³-hybridized carbons (Fsp3) is 0.160. The van der Waals surface area contributed by atoms with E-state index in [1.54, 1.807) is 44.6 Å². The van der Waals surface area contributed by atoms with E-state index in [2.05, 4.69) is 5.10 Å². The highest BCUT2D eigenvalue weighted by molar-refractivity contribution is 6.37. The molecule has 4 rings (SSSR count). The molecule has 0 bridgehead atoms. The summed E-state index contributed by atoms with van der Waals surface area (Å²) < 4.78 is 57.9. The zero-order valence-corrected chi connectivity index (χ0v) is 20.1. The molecule has 0 amide bonds. The fourth-order valence-corrected chi connectivity index (χ4v) is 4.11. The number of hydrogen-bond donors (Lipinski definition) is 0. The van der Waals surface area contributed by atoms with Gasteiger partial charge in [-0.1, -0.05) is 47.5 Å². The van der Waals surface area contributed by atoms with Crippen molar-refractivity contribution in [3.05, 3.63) is 88.2 Å². The minimum atomic E-state index is -4.65. The number of ether oxygens (including phenoxy) is 3. The molecule has 1 heterocycles. The predicted octanol–water partition coefficient (Wildman–Crippen LogP) is 7.46. The Balaban J connectivity index is 1.63. The number of nitrogens with zero attached hydrogens (tertiary/aromatic N) is 2. The number of rotatable bonds is 7. The molecule has 0 N–H and O–H groups in total.